The number of aliphatic imine (C=N–C) groups is 1. The Kier molecular flexibility index (Phi) is 10.6. The van der Waals surface area contributed by atoms with Gasteiger partial charge < -0.3 is 15.5 Å². The van der Waals surface area contributed by atoms with E-state index < -0.39 is 0 Å². The number of carbonyl (C=O) groups is 1. The molecule has 2 aromatic rings. The highest BCUT2D eigenvalue weighted by Crippen LogP contribution is 2.22. The Morgan fingerprint density at radius 1 is 1.06 bits per heavy atom. The number of hydrogen-bond acceptors (Lipinski definition) is 3. The van der Waals surface area contributed by atoms with Crippen LogP contribution in [0.15, 0.2) is 53.5 Å². The third-order valence-corrected chi connectivity index (χ3v) is 6.17. The van der Waals surface area contributed by atoms with Crippen LogP contribution in [0.5, 0.6) is 0 Å². The number of nitrogens with one attached hydrogen (secondary N) is 2. The minimum absolute atomic E-state index is 0. The Labute approximate surface area is 215 Å². The van der Waals surface area contributed by atoms with Crippen molar-refractivity contribution >= 4 is 35.8 Å². The van der Waals surface area contributed by atoms with Crippen molar-refractivity contribution in [1.82, 2.24) is 20.4 Å². The van der Waals surface area contributed by atoms with E-state index in [1.165, 1.54) is 11.1 Å². The highest BCUT2D eigenvalue weighted by atomic mass is 127. The fourth-order valence-electron chi connectivity index (χ4n) is 4.22. The monoisotopic (exact) mass is 563 g/mol. The van der Waals surface area contributed by atoms with Gasteiger partial charge in [-0.3, -0.25) is 14.7 Å². The summed E-state index contributed by atoms with van der Waals surface area (Å²) in [7, 11) is 5.33. The Balaban J connectivity index is 0.00000385. The first kappa shape index (κ1) is 27.1. The van der Waals surface area contributed by atoms with Crippen molar-refractivity contribution < 1.29 is 4.79 Å². The van der Waals surface area contributed by atoms with Crippen LogP contribution in [0.4, 0.5) is 0 Å². The topological polar surface area (TPSA) is 60.0 Å². The summed E-state index contributed by atoms with van der Waals surface area (Å²) in [5, 5.41) is 6.92. The van der Waals surface area contributed by atoms with Gasteiger partial charge in [0.1, 0.15) is 0 Å². The number of amides is 1. The maximum atomic E-state index is 12.0. The smallest absolute Gasteiger partial charge is 0.253 e. The van der Waals surface area contributed by atoms with E-state index in [2.05, 4.69) is 58.6 Å². The summed E-state index contributed by atoms with van der Waals surface area (Å²) in [6.07, 6.45) is 1.11. The molecule has 2 aromatic carbocycles. The lowest BCUT2D eigenvalue weighted by molar-refractivity contribution is 0.0827. The quantitative estimate of drug-likeness (QED) is 0.306. The van der Waals surface area contributed by atoms with Crippen molar-refractivity contribution in [3.8, 4) is 0 Å². The molecular formula is C26H38IN5O. The van der Waals surface area contributed by atoms with E-state index in [-0.39, 0.29) is 29.9 Å². The van der Waals surface area contributed by atoms with Crippen LogP contribution in [0.1, 0.15) is 40.9 Å². The summed E-state index contributed by atoms with van der Waals surface area (Å²) in [6, 6.07) is 16.9. The predicted octanol–water partition coefficient (Wildman–Crippen LogP) is 3.75. The maximum Gasteiger partial charge on any atom is 0.253 e. The molecule has 3 rings (SSSR count). The van der Waals surface area contributed by atoms with E-state index in [4.69, 9.17) is 0 Å². The van der Waals surface area contributed by atoms with Gasteiger partial charge in [0.2, 0.25) is 0 Å². The minimum atomic E-state index is 0. The van der Waals surface area contributed by atoms with Crippen LogP contribution in [0.2, 0.25) is 0 Å². The number of halogens is 1. The van der Waals surface area contributed by atoms with Gasteiger partial charge in [-0.05, 0) is 41.2 Å². The third-order valence-electron chi connectivity index (χ3n) is 6.17. The summed E-state index contributed by atoms with van der Waals surface area (Å²) in [5.74, 6) is 1.34. The molecule has 33 heavy (non-hydrogen) atoms. The van der Waals surface area contributed by atoms with Crippen LogP contribution in [-0.4, -0.2) is 61.9 Å². The lowest BCUT2D eigenvalue weighted by Gasteiger charge is -2.38. The van der Waals surface area contributed by atoms with Crippen molar-refractivity contribution in [1.29, 1.82) is 0 Å². The Morgan fingerprint density at radius 3 is 2.33 bits per heavy atom. The first-order valence-corrected chi connectivity index (χ1v) is 11.4. The molecule has 0 fully saturated rings. The standard InChI is InChI=1S/C26H37N5O.HI/c1-19(2)24(31-15-14-21-8-6-7-9-23(21)18-31)17-29-26(27-3)28-16-20-10-12-22(13-11-20)25(32)30(4)5;/h6-13,19,24H,14-18H2,1-5H3,(H2,27,28,29);1H. The summed E-state index contributed by atoms with van der Waals surface area (Å²) in [6.45, 7) is 8.17. The lowest BCUT2D eigenvalue weighted by atomic mass is 9.95. The zero-order valence-corrected chi connectivity index (χ0v) is 22.8. The van der Waals surface area contributed by atoms with Gasteiger partial charge in [-0.1, -0.05) is 50.2 Å². The normalized spacial score (nSPS) is 14.8. The fourth-order valence-corrected chi connectivity index (χ4v) is 4.22. The van der Waals surface area contributed by atoms with Crippen LogP contribution >= 0.6 is 24.0 Å². The van der Waals surface area contributed by atoms with Gasteiger partial charge in [0.05, 0.1) is 0 Å². The molecular weight excluding hydrogens is 525 g/mol. The van der Waals surface area contributed by atoms with Gasteiger partial charge in [-0.25, -0.2) is 0 Å². The molecule has 0 bridgehead atoms. The Hall–Kier alpha value is -2.13. The first-order chi connectivity index (χ1) is 15.4. The zero-order chi connectivity index (χ0) is 23.1. The molecule has 1 unspecified atom stereocenters. The number of nitrogens with zero attached hydrogens (tertiary/aromatic N) is 3. The molecule has 0 radical (unpaired) electrons. The average molecular weight is 564 g/mol. The zero-order valence-electron chi connectivity index (χ0n) is 20.5. The molecule has 6 nitrogen and oxygen atoms in total. The summed E-state index contributed by atoms with van der Waals surface area (Å²) < 4.78 is 0. The number of rotatable bonds is 7. The van der Waals surface area contributed by atoms with Crippen molar-refractivity contribution in [3.05, 3.63) is 70.8 Å². The molecule has 0 spiro atoms. The van der Waals surface area contributed by atoms with Gasteiger partial charge in [0.15, 0.2) is 5.96 Å². The van der Waals surface area contributed by atoms with Gasteiger partial charge in [0.25, 0.3) is 5.91 Å². The fraction of sp³-hybridized carbons (Fsp3) is 0.462. The molecule has 0 aromatic heterocycles. The van der Waals surface area contributed by atoms with E-state index in [0.717, 1.165) is 37.6 Å². The second kappa shape index (κ2) is 12.9. The second-order valence-corrected chi connectivity index (χ2v) is 9.00. The van der Waals surface area contributed by atoms with Crippen molar-refractivity contribution in [3.63, 3.8) is 0 Å². The number of guanidine groups is 1. The largest absolute Gasteiger partial charge is 0.355 e. The van der Waals surface area contributed by atoms with Crippen LogP contribution in [0.25, 0.3) is 0 Å². The number of hydrogen-bond donors (Lipinski definition) is 2. The third kappa shape index (κ3) is 7.43. The van der Waals surface area contributed by atoms with Crippen molar-refractivity contribution in [2.45, 2.75) is 39.4 Å². The first-order valence-electron chi connectivity index (χ1n) is 11.4. The highest BCUT2D eigenvalue weighted by molar-refractivity contribution is 14.0. The molecule has 1 amide bonds. The Morgan fingerprint density at radius 2 is 1.73 bits per heavy atom. The van der Waals surface area contributed by atoms with Gasteiger partial charge >= 0.3 is 0 Å². The highest BCUT2D eigenvalue weighted by Gasteiger charge is 2.25. The van der Waals surface area contributed by atoms with Crippen molar-refractivity contribution in [2.75, 3.05) is 34.2 Å². The van der Waals surface area contributed by atoms with E-state index >= 15 is 0 Å². The van der Waals surface area contributed by atoms with Crippen LogP contribution in [0, 0.1) is 5.92 Å². The molecule has 1 aliphatic rings. The van der Waals surface area contributed by atoms with E-state index in [9.17, 15) is 4.79 Å². The lowest BCUT2D eigenvalue weighted by Crippen LogP contribution is -2.50. The predicted molar refractivity (Wildman–Crippen MR) is 147 cm³/mol. The van der Waals surface area contributed by atoms with Crippen LogP contribution < -0.4 is 10.6 Å². The van der Waals surface area contributed by atoms with Gasteiger partial charge in [0, 0.05) is 58.9 Å². The molecule has 1 atom stereocenters. The number of fused-ring (bicyclic) bond motifs is 1. The van der Waals surface area contributed by atoms with E-state index in [1.54, 1.807) is 26.0 Å². The van der Waals surface area contributed by atoms with E-state index in [0.29, 0.717) is 24.1 Å². The van der Waals surface area contributed by atoms with E-state index in [1.807, 2.05) is 24.3 Å². The molecule has 0 saturated heterocycles. The Bertz CT molecular complexity index is 927. The average Bonchev–Trinajstić information content (AvgIpc) is 2.80. The van der Waals surface area contributed by atoms with Crippen LogP contribution in [0.3, 0.4) is 0 Å². The second-order valence-electron chi connectivity index (χ2n) is 9.00. The summed E-state index contributed by atoms with van der Waals surface area (Å²) >= 11 is 0. The SMILES string of the molecule is CN=C(NCc1ccc(C(=O)N(C)C)cc1)NCC(C(C)C)N1CCc2ccccc2C1.I. The summed E-state index contributed by atoms with van der Waals surface area (Å²) in [5.41, 5.74) is 4.73. The molecule has 1 aliphatic heterocycles. The number of carbonyl (C=O) groups excluding carboxylic acids is 1. The molecule has 180 valence electrons. The molecule has 0 aliphatic carbocycles. The molecule has 7 heteroatoms. The molecule has 0 saturated carbocycles. The van der Waals surface area contributed by atoms with Gasteiger partial charge in [-0.15, -0.1) is 24.0 Å². The minimum Gasteiger partial charge on any atom is -0.355 e. The number of benzene rings is 2. The van der Waals surface area contributed by atoms with Gasteiger partial charge in [-0.2, -0.15) is 0 Å². The van der Waals surface area contributed by atoms with Crippen molar-refractivity contribution in [2.24, 2.45) is 10.9 Å². The molecule has 1 heterocycles. The van der Waals surface area contributed by atoms with Crippen LogP contribution in [-0.2, 0) is 19.5 Å². The summed E-state index contributed by atoms with van der Waals surface area (Å²) in [4.78, 5) is 20.6. The maximum absolute atomic E-state index is 12.0. The molecule has 2 N–H and O–H groups in total.